The van der Waals surface area contributed by atoms with Crippen LogP contribution in [0.3, 0.4) is 0 Å². The molecule has 0 heterocycles. The summed E-state index contributed by atoms with van der Waals surface area (Å²) in [5.74, 6) is 0. The van der Waals surface area contributed by atoms with Crippen molar-refractivity contribution < 1.29 is 27.2 Å². The van der Waals surface area contributed by atoms with Crippen molar-refractivity contribution in [1.29, 1.82) is 0 Å². The highest BCUT2D eigenvalue weighted by molar-refractivity contribution is 7.72. The lowest BCUT2D eigenvalue weighted by molar-refractivity contribution is 0.190. The van der Waals surface area contributed by atoms with Crippen LogP contribution in [0.2, 0.25) is 0 Å². The standard InChI is InChI=1S/C12H27NO6P2/c1-5-16-20(14,17-6-2)12(13-11-9-10-11)21(15,18-7-3)19-8-4/h11-13H,5-10H2,1-4H3. The molecule has 0 aromatic heterocycles. The van der Waals surface area contributed by atoms with Gasteiger partial charge in [-0.05, 0) is 40.5 Å². The second-order valence-corrected chi connectivity index (χ2v) is 9.20. The molecule has 126 valence electrons. The van der Waals surface area contributed by atoms with Gasteiger partial charge in [0.2, 0.25) is 5.52 Å². The third-order valence-electron chi connectivity index (χ3n) is 2.80. The second kappa shape index (κ2) is 8.78. The van der Waals surface area contributed by atoms with Crippen LogP contribution in [0.15, 0.2) is 0 Å². The summed E-state index contributed by atoms with van der Waals surface area (Å²) < 4.78 is 47.4. The summed E-state index contributed by atoms with van der Waals surface area (Å²) in [4.78, 5) is 0. The van der Waals surface area contributed by atoms with E-state index in [2.05, 4.69) is 5.32 Å². The predicted octanol–water partition coefficient (Wildman–Crippen LogP) is 3.55. The highest BCUT2D eigenvalue weighted by Crippen LogP contribution is 2.69. The molecule has 0 aromatic carbocycles. The van der Waals surface area contributed by atoms with Crippen LogP contribution in [0.4, 0.5) is 0 Å². The van der Waals surface area contributed by atoms with E-state index < -0.39 is 20.7 Å². The second-order valence-electron chi connectivity index (χ2n) is 4.57. The van der Waals surface area contributed by atoms with E-state index in [9.17, 15) is 9.13 Å². The van der Waals surface area contributed by atoms with E-state index in [4.69, 9.17) is 18.1 Å². The van der Waals surface area contributed by atoms with Crippen molar-refractivity contribution in [3.8, 4) is 0 Å². The van der Waals surface area contributed by atoms with Gasteiger partial charge in [-0.1, -0.05) is 0 Å². The van der Waals surface area contributed by atoms with Gasteiger partial charge >= 0.3 is 15.2 Å². The maximum atomic E-state index is 13.0. The average molecular weight is 343 g/mol. The van der Waals surface area contributed by atoms with Gasteiger partial charge in [0.05, 0.1) is 26.4 Å². The fourth-order valence-corrected chi connectivity index (χ4v) is 7.02. The molecular weight excluding hydrogens is 316 g/mol. The molecule has 1 saturated carbocycles. The fraction of sp³-hybridized carbons (Fsp3) is 1.00. The van der Waals surface area contributed by atoms with E-state index in [0.29, 0.717) is 0 Å². The van der Waals surface area contributed by atoms with E-state index in [1.807, 2.05) is 0 Å². The van der Waals surface area contributed by atoms with Crippen molar-refractivity contribution in [1.82, 2.24) is 5.32 Å². The summed E-state index contributed by atoms with van der Waals surface area (Å²) in [5.41, 5.74) is -1.09. The molecule has 1 aliphatic carbocycles. The number of hydrogen-bond acceptors (Lipinski definition) is 7. The molecule has 1 aliphatic rings. The van der Waals surface area contributed by atoms with Crippen molar-refractivity contribution in [2.24, 2.45) is 0 Å². The Morgan fingerprint density at radius 2 is 1.19 bits per heavy atom. The molecule has 0 atom stereocenters. The molecule has 21 heavy (non-hydrogen) atoms. The molecule has 0 bridgehead atoms. The molecule has 1 N–H and O–H groups in total. The highest BCUT2D eigenvalue weighted by atomic mass is 31.2. The minimum absolute atomic E-state index is 0.151. The van der Waals surface area contributed by atoms with Crippen LogP contribution in [0, 0.1) is 0 Å². The highest BCUT2D eigenvalue weighted by Gasteiger charge is 2.52. The van der Waals surface area contributed by atoms with Gasteiger partial charge in [0.25, 0.3) is 0 Å². The average Bonchev–Trinajstić information content (AvgIpc) is 3.21. The Morgan fingerprint density at radius 3 is 1.43 bits per heavy atom. The van der Waals surface area contributed by atoms with Crippen molar-refractivity contribution in [2.75, 3.05) is 26.4 Å². The monoisotopic (exact) mass is 343 g/mol. The molecule has 0 spiro atoms. The van der Waals surface area contributed by atoms with Gasteiger partial charge in [-0.15, -0.1) is 0 Å². The van der Waals surface area contributed by atoms with E-state index in [-0.39, 0.29) is 32.5 Å². The fourth-order valence-electron chi connectivity index (χ4n) is 1.89. The smallest absolute Gasteiger partial charge is 0.307 e. The molecule has 0 amide bonds. The lowest BCUT2D eigenvalue weighted by Gasteiger charge is -2.31. The molecule has 0 aromatic rings. The van der Waals surface area contributed by atoms with E-state index >= 15 is 0 Å². The molecule has 0 aliphatic heterocycles. The van der Waals surface area contributed by atoms with Crippen LogP contribution in [-0.2, 0) is 27.2 Å². The third-order valence-corrected chi connectivity index (χ3v) is 8.46. The van der Waals surface area contributed by atoms with Gasteiger partial charge in [0, 0.05) is 6.04 Å². The summed E-state index contributed by atoms with van der Waals surface area (Å²) in [6, 6.07) is 0.151. The van der Waals surface area contributed by atoms with Crippen LogP contribution >= 0.6 is 15.2 Å². The molecule has 1 rings (SSSR count). The molecule has 1 fully saturated rings. The Kier molecular flexibility index (Phi) is 8.07. The predicted molar refractivity (Wildman–Crippen MR) is 81.7 cm³/mol. The maximum absolute atomic E-state index is 13.0. The Morgan fingerprint density at radius 1 is 0.857 bits per heavy atom. The zero-order valence-electron chi connectivity index (χ0n) is 13.2. The van der Waals surface area contributed by atoms with Gasteiger partial charge < -0.3 is 18.1 Å². The van der Waals surface area contributed by atoms with Crippen LogP contribution in [-0.4, -0.2) is 38.0 Å². The molecule has 0 radical (unpaired) electrons. The van der Waals surface area contributed by atoms with Crippen molar-refractivity contribution in [3.05, 3.63) is 0 Å². The van der Waals surface area contributed by atoms with Crippen molar-refractivity contribution in [3.63, 3.8) is 0 Å². The van der Waals surface area contributed by atoms with E-state index in [1.54, 1.807) is 27.7 Å². The third kappa shape index (κ3) is 5.43. The molecule has 0 unspecified atom stereocenters. The number of hydrogen-bond donors (Lipinski definition) is 1. The first-order chi connectivity index (χ1) is 9.95. The summed E-state index contributed by atoms with van der Waals surface area (Å²) in [5, 5.41) is 3.09. The van der Waals surface area contributed by atoms with Crippen LogP contribution in [0.1, 0.15) is 40.5 Å². The summed E-state index contributed by atoms with van der Waals surface area (Å²) >= 11 is 0. The topological polar surface area (TPSA) is 83.1 Å². The van der Waals surface area contributed by atoms with Gasteiger partial charge in [0.1, 0.15) is 0 Å². The minimum Gasteiger partial charge on any atom is -0.307 e. The summed E-state index contributed by atoms with van der Waals surface area (Å²) in [6.07, 6.45) is 1.88. The Hall–Kier alpha value is 0.260. The van der Waals surface area contributed by atoms with Gasteiger partial charge in [-0.3, -0.25) is 14.4 Å². The van der Waals surface area contributed by atoms with Gasteiger partial charge in [-0.25, -0.2) is 0 Å². The largest absolute Gasteiger partial charge is 0.359 e. The zero-order chi connectivity index (χ0) is 15.9. The lowest BCUT2D eigenvalue weighted by Crippen LogP contribution is -2.34. The Balaban J connectivity index is 3.09. The molecular formula is C12H27NO6P2. The van der Waals surface area contributed by atoms with Crippen LogP contribution < -0.4 is 5.32 Å². The first kappa shape index (κ1) is 19.3. The van der Waals surface area contributed by atoms with Crippen LogP contribution in [0.25, 0.3) is 0 Å². The van der Waals surface area contributed by atoms with Gasteiger partial charge in [0.15, 0.2) is 0 Å². The Labute approximate surface area is 127 Å². The zero-order valence-corrected chi connectivity index (χ0v) is 15.0. The van der Waals surface area contributed by atoms with Gasteiger partial charge in [-0.2, -0.15) is 0 Å². The molecule has 7 nitrogen and oxygen atoms in total. The van der Waals surface area contributed by atoms with Crippen molar-refractivity contribution in [2.45, 2.75) is 52.1 Å². The molecule has 0 saturated heterocycles. The molecule has 9 heteroatoms. The normalized spacial score (nSPS) is 16.6. The number of rotatable bonds is 12. The quantitative estimate of drug-likeness (QED) is 0.543. The summed E-state index contributed by atoms with van der Waals surface area (Å²) in [6.45, 7) is 7.63. The van der Waals surface area contributed by atoms with E-state index in [1.165, 1.54) is 0 Å². The Bertz CT molecular complexity index is 351. The minimum atomic E-state index is -3.65. The number of nitrogens with one attached hydrogen (secondary N) is 1. The first-order valence-electron chi connectivity index (χ1n) is 7.49. The SMILES string of the molecule is CCOP(=O)(OCC)C(NC1CC1)P(=O)(OCC)OCC. The van der Waals surface area contributed by atoms with Crippen LogP contribution in [0.5, 0.6) is 0 Å². The maximum Gasteiger partial charge on any atom is 0.359 e. The van der Waals surface area contributed by atoms with Crippen molar-refractivity contribution >= 4 is 15.2 Å². The lowest BCUT2D eigenvalue weighted by atomic mass is 10.7. The van der Waals surface area contributed by atoms with E-state index in [0.717, 1.165) is 12.8 Å². The first-order valence-corrected chi connectivity index (χ1v) is 10.7. The summed E-state index contributed by atoms with van der Waals surface area (Å²) in [7, 11) is -7.30.